The summed E-state index contributed by atoms with van der Waals surface area (Å²) in [6, 6.07) is 13.8. The average molecular weight is 376 g/mol. The number of methoxy groups -OCH3 is 1. The quantitative estimate of drug-likeness (QED) is 0.767. The minimum Gasteiger partial charge on any atom is -0.497 e. The zero-order chi connectivity index (χ0) is 19.5. The molecule has 5 heteroatoms. The molecule has 5 nitrogen and oxygen atoms in total. The molecule has 2 heterocycles. The third-order valence-electron chi connectivity index (χ3n) is 5.25. The molecule has 2 aliphatic rings. The van der Waals surface area contributed by atoms with Gasteiger partial charge in [-0.05, 0) is 48.0 Å². The van der Waals surface area contributed by atoms with Gasteiger partial charge in [-0.1, -0.05) is 18.7 Å². The lowest BCUT2D eigenvalue weighted by atomic mass is 10.0. The highest BCUT2D eigenvalue weighted by Crippen LogP contribution is 2.28. The van der Waals surface area contributed by atoms with E-state index in [-0.39, 0.29) is 5.91 Å². The third kappa shape index (κ3) is 3.60. The number of fused-ring (bicyclic) bond motifs is 1. The SMILES string of the molecule is C=C(C(=O)N1CCN(c2ccc(OC)cc2)CC1)c1ccc2c(c1)C=CCO2. The fraction of sp³-hybridized carbons (Fsp3) is 0.261. The number of hydrogen-bond acceptors (Lipinski definition) is 4. The molecule has 0 spiro atoms. The van der Waals surface area contributed by atoms with Crippen molar-refractivity contribution in [1.29, 1.82) is 0 Å². The van der Waals surface area contributed by atoms with E-state index in [2.05, 4.69) is 23.6 Å². The number of hydrogen-bond donors (Lipinski definition) is 0. The molecule has 1 fully saturated rings. The van der Waals surface area contributed by atoms with Crippen LogP contribution < -0.4 is 14.4 Å². The molecule has 2 aliphatic heterocycles. The van der Waals surface area contributed by atoms with Crippen molar-refractivity contribution >= 4 is 23.2 Å². The molecule has 0 atom stereocenters. The Morgan fingerprint density at radius 1 is 1.07 bits per heavy atom. The predicted octanol–water partition coefficient (Wildman–Crippen LogP) is 3.46. The van der Waals surface area contributed by atoms with Gasteiger partial charge in [0.25, 0.3) is 5.91 Å². The van der Waals surface area contributed by atoms with Gasteiger partial charge in [-0.15, -0.1) is 0 Å². The van der Waals surface area contributed by atoms with Crippen LogP contribution in [0.4, 0.5) is 5.69 Å². The smallest absolute Gasteiger partial charge is 0.253 e. The van der Waals surface area contributed by atoms with Gasteiger partial charge in [-0.2, -0.15) is 0 Å². The molecule has 28 heavy (non-hydrogen) atoms. The lowest BCUT2D eigenvalue weighted by molar-refractivity contribution is -0.125. The molecule has 1 saturated heterocycles. The number of ether oxygens (including phenoxy) is 2. The van der Waals surface area contributed by atoms with E-state index in [1.54, 1.807) is 7.11 Å². The Bertz CT molecular complexity index is 910. The highest BCUT2D eigenvalue weighted by atomic mass is 16.5. The maximum Gasteiger partial charge on any atom is 0.253 e. The molecular formula is C23H24N2O3. The van der Waals surface area contributed by atoms with Crippen LogP contribution in [0.5, 0.6) is 11.5 Å². The summed E-state index contributed by atoms with van der Waals surface area (Å²) in [6.45, 7) is 7.60. The highest BCUT2D eigenvalue weighted by Gasteiger charge is 2.24. The third-order valence-corrected chi connectivity index (χ3v) is 5.25. The van der Waals surface area contributed by atoms with Crippen LogP contribution in [0.1, 0.15) is 11.1 Å². The van der Waals surface area contributed by atoms with Crippen LogP contribution >= 0.6 is 0 Å². The van der Waals surface area contributed by atoms with Gasteiger partial charge in [-0.3, -0.25) is 4.79 Å². The van der Waals surface area contributed by atoms with Crippen LogP contribution in [0.3, 0.4) is 0 Å². The van der Waals surface area contributed by atoms with Crippen LogP contribution in [0.15, 0.2) is 55.1 Å². The Hall–Kier alpha value is -3.21. The van der Waals surface area contributed by atoms with Crippen molar-refractivity contribution in [3.05, 3.63) is 66.2 Å². The maximum atomic E-state index is 12.9. The maximum absolute atomic E-state index is 12.9. The van der Waals surface area contributed by atoms with E-state index in [9.17, 15) is 4.79 Å². The molecule has 0 saturated carbocycles. The van der Waals surface area contributed by atoms with Crippen molar-refractivity contribution in [3.8, 4) is 11.5 Å². The summed E-state index contributed by atoms with van der Waals surface area (Å²) in [6.07, 6.45) is 3.99. The number of rotatable bonds is 4. The van der Waals surface area contributed by atoms with Gasteiger partial charge >= 0.3 is 0 Å². The van der Waals surface area contributed by atoms with Crippen molar-refractivity contribution in [2.75, 3.05) is 44.8 Å². The zero-order valence-corrected chi connectivity index (χ0v) is 16.1. The lowest BCUT2D eigenvalue weighted by Gasteiger charge is -2.36. The second-order valence-corrected chi connectivity index (χ2v) is 6.92. The van der Waals surface area contributed by atoms with Crippen molar-refractivity contribution in [2.24, 2.45) is 0 Å². The number of carbonyl (C=O) groups is 1. The second-order valence-electron chi connectivity index (χ2n) is 6.92. The van der Waals surface area contributed by atoms with Crippen molar-refractivity contribution in [1.82, 2.24) is 4.90 Å². The topological polar surface area (TPSA) is 42.0 Å². The van der Waals surface area contributed by atoms with Crippen molar-refractivity contribution < 1.29 is 14.3 Å². The average Bonchev–Trinajstić information content (AvgIpc) is 2.78. The standard InChI is InChI=1S/C23H24N2O3/c1-17(18-5-10-22-19(16-18)4-3-15-28-22)23(26)25-13-11-24(12-14-25)20-6-8-21(27-2)9-7-20/h3-10,16H,1,11-15H2,2H3. The van der Waals surface area contributed by atoms with Crippen LogP contribution in [0, 0.1) is 0 Å². The molecular weight excluding hydrogens is 352 g/mol. The first kappa shape index (κ1) is 18.2. The normalized spacial score (nSPS) is 15.6. The first-order valence-corrected chi connectivity index (χ1v) is 9.46. The minimum atomic E-state index is -0.00459. The zero-order valence-electron chi connectivity index (χ0n) is 16.1. The molecule has 4 rings (SSSR count). The van der Waals surface area contributed by atoms with E-state index in [1.165, 1.54) is 0 Å². The van der Waals surface area contributed by atoms with E-state index in [1.807, 2.05) is 47.4 Å². The summed E-state index contributed by atoms with van der Waals surface area (Å²) in [5.74, 6) is 1.69. The number of amides is 1. The molecule has 0 bridgehead atoms. The van der Waals surface area contributed by atoms with Gasteiger partial charge in [0.15, 0.2) is 0 Å². The summed E-state index contributed by atoms with van der Waals surface area (Å²) < 4.78 is 10.8. The van der Waals surface area contributed by atoms with Gasteiger partial charge in [0.2, 0.25) is 0 Å². The van der Waals surface area contributed by atoms with Crippen molar-refractivity contribution in [2.45, 2.75) is 0 Å². The van der Waals surface area contributed by atoms with Gasteiger partial charge in [0.1, 0.15) is 18.1 Å². The number of piperazine rings is 1. The van der Waals surface area contributed by atoms with Gasteiger partial charge in [0.05, 0.1) is 7.11 Å². The molecule has 144 valence electrons. The molecule has 0 aromatic heterocycles. The number of nitrogens with zero attached hydrogens (tertiary/aromatic N) is 2. The summed E-state index contributed by atoms with van der Waals surface area (Å²) in [4.78, 5) is 17.1. The fourth-order valence-corrected chi connectivity index (χ4v) is 3.59. The number of benzene rings is 2. The molecule has 2 aromatic carbocycles. The molecule has 0 aliphatic carbocycles. The predicted molar refractivity (Wildman–Crippen MR) is 112 cm³/mol. The van der Waals surface area contributed by atoms with E-state index in [4.69, 9.17) is 9.47 Å². The Labute approximate surface area is 165 Å². The Balaban J connectivity index is 1.39. The molecule has 2 aromatic rings. The lowest BCUT2D eigenvalue weighted by Crippen LogP contribution is -2.48. The first-order valence-electron chi connectivity index (χ1n) is 9.46. The van der Waals surface area contributed by atoms with Gasteiger partial charge in [0, 0.05) is 43.0 Å². The summed E-state index contributed by atoms with van der Waals surface area (Å²) in [5.41, 5.74) is 3.51. The molecule has 0 N–H and O–H groups in total. The Morgan fingerprint density at radius 2 is 1.82 bits per heavy atom. The van der Waals surface area contributed by atoms with Gasteiger partial charge < -0.3 is 19.3 Å². The highest BCUT2D eigenvalue weighted by molar-refractivity contribution is 6.18. The van der Waals surface area contributed by atoms with Crippen LogP contribution in [-0.4, -0.2) is 50.7 Å². The van der Waals surface area contributed by atoms with E-state index >= 15 is 0 Å². The van der Waals surface area contributed by atoms with Crippen LogP contribution in [0.2, 0.25) is 0 Å². The summed E-state index contributed by atoms with van der Waals surface area (Å²) >= 11 is 0. The van der Waals surface area contributed by atoms with Crippen molar-refractivity contribution in [3.63, 3.8) is 0 Å². The van der Waals surface area contributed by atoms with Crippen LogP contribution in [-0.2, 0) is 4.79 Å². The van der Waals surface area contributed by atoms with E-state index in [0.29, 0.717) is 25.3 Å². The van der Waals surface area contributed by atoms with E-state index in [0.717, 1.165) is 41.4 Å². The summed E-state index contributed by atoms with van der Waals surface area (Å²) in [7, 11) is 1.66. The largest absolute Gasteiger partial charge is 0.497 e. The Morgan fingerprint density at radius 3 is 2.54 bits per heavy atom. The molecule has 1 amide bonds. The summed E-state index contributed by atoms with van der Waals surface area (Å²) in [5, 5.41) is 0. The Kier molecular flexibility index (Phi) is 5.06. The first-order chi connectivity index (χ1) is 13.7. The number of carbonyl (C=O) groups excluding carboxylic acids is 1. The minimum absolute atomic E-state index is 0.00459. The van der Waals surface area contributed by atoms with Gasteiger partial charge in [-0.25, -0.2) is 0 Å². The molecule has 0 radical (unpaired) electrons. The van der Waals surface area contributed by atoms with Crippen LogP contribution in [0.25, 0.3) is 11.6 Å². The number of anilines is 1. The fourth-order valence-electron chi connectivity index (χ4n) is 3.59. The van der Waals surface area contributed by atoms with E-state index < -0.39 is 0 Å². The monoisotopic (exact) mass is 376 g/mol. The molecule has 0 unspecified atom stereocenters. The second kappa shape index (κ2) is 7.80.